The average Bonchev–Trinajstić information content (AvgIpc) is 3.07. The molecular weight excluding hydrogens is 358 g/mol. The fourth-order valence-electron chi connectivity index (χ4n) is 3.46. The normalized spacial score (nSPS) is 26.0. The molecule has 0 bridgehead atoms. The van der Waals surface area contributed by atoms with Crippen molar-refractivity contribution >= 4 is 27.5 Å². The number of anilines is 1. The molecule has 2 saturated heterocycles. The van der Waals surface area contributed by atoms with Gasteiger partial charge < -0.3 is 20.2 Å². The summed E-state index contributed by atoms with van der Waals surface area (Å²) in [6, 6.07) is 8.96. The number of hydrogen-bond acceptors (Lipinski definition) is 5. The van der Waals surface area contributed by atoms with E-state index in [-0.39, 0.29) is 30.3 Å². The van der Waals surface area contributed by atoms with Crippen LogP contribution >= 0.6 is 0 Å². The minimum absolute atomic E-state index is 0.00141. The lowest BCUT2D eigenvalue weighted by Crippen LogP contribution is -2.39. The molecule has 0 spiro atoms. The second-order valence-corrected chi connectivity index (χ2v) is 9.05. The summed E-state index contributed by atoms with van der Waals surface area (Å²) in [5.74, 6) is -0.634. The number of aliphatic carboxylic acids is 1. The average molecular weight is 383 g/mol. The molecule has 2 heterocycles. The molecule has 1 aromatic rings. The Hall–Kier alpha value is -2.13. The van der Waals surface area contributed by atoms with Gasteiger partial charge in [0, 0.05) is 37.7 Å². The monoisotopic (exact) mass is 383 g/mol. The number of hydrogen-bond donors (Lipinski definition) is 2. The van der Waals surface area contributed by atoms with Crippen LogP contribution in [-0.4, -0.2) is 79.6 Å². The molecule has 9 heteroatoms. The number of nitrogens with one attached hydrogen (secondary N) is 1. The van der Waals surface area contributed by atoms with Crippen LogP contribution in [0.3, 0.4) is 0 Å². The van der Waals surface area contributed by atoms with Crippen molar-refractivity contribution in [2.45, 2.75) is 18.2 Å². The number of benzene rings is 1. The van der Waals surface area contributed by atoms with Crippen LogP contribution in [-0.2, 0) is 14.6 Å². The second kappa shape index (κ2) is 8.05. The number of sulfone groups is 1. The van der Waals surface area contributed by atoms with Crippen LogP contribution in [0.1, 0.15) is 6.92 Å². The Balaban J connectivity index is 0.000000552. The van der Waals surface area contributed by atoms with Crippen LogP contribution in [0.25, 0.3) is 0 Å². The Kier molecular flexibility index (Phi) is 6.25. The molecular formula is C17H25N3O5S. The number of nitrogens with zero attached hydrogens (tertiary/aromatic N) is 2. The van der Waals surface area contributed by atoms with Crippen LogP contribution in [0.15, 0.2) is 30.3 Å². The Morgan fingerprint density at radius 1 is 1.19 bits per heavy atom. The van der Waals surface area contributed by atoms with Crippen molar-refractivity contribution < 1.29 is 23.1 Å². The highest BCUT2D eigenvalue weighted by Gasteiger charge is 2.53. The van der Waals surface area contributed by atoms with Crippen LogP contribution in [0.2, 0.25) is 0 Å². The zero-order chi connectivity index (χ0) is 19.5. The second-order valence-electron chi connectivity index (χ2n) is 6.78. The van der Waals surface area contributed by atoms with Gasteiger partial charge >= 0.3 is 6.03 Å². The molecule has 2 amide bonds. The maximum atomic E-state index is 12.3. The third-order valence-electron chi connectivity index (χ3n) is 4.64. The molecule has 0 saturated carbocycles. The lowest BCUT2D eigenvalue weighted by Gasteiger charge is -2.25. The maximum Gasteiger partial charge on any atom is 0.321 e. The van der Waals surface area contributed by atoms with E-state index in [4.69, 9.17) is 9.90 Å². The SMILES string of the molecule is CC(=O)O.CN(C)[C@@H]1CS(=O)(=O)[C@H]2CN(C(=O)Nc3ccccc3)C[C@@H]12. The van der Waals surface area contributed by atoms with Crippen molar-refractivity contribution in [3.05, 3.63) is 30.3 Å². The Bertz CT molecular complexity index is 747. The summed E-state index contributed by atoms with van der Waals surface area (Å²) in [5.41, 5.74) is 0.719. The topological polar surface area (TPSA) is 107 Å². The molecule has 0 aliphatic carbocycles. The Morgan fingerprint density at radius 2 is 1.77 bits per heavy atom. The number of carboxylic acids is 1. The van der Waals surface area contributed by atoms with Gasteiger partial charge in [0.2, 0.25) is 0 Å². The zero-order valence-electron chi connectivity index (χ0n) is 15.1. The summed E-state index contributed by atoms with van der Waals surface area (Å²) in [6.45, 7) is 1.86. The molecule has 2 N–H and O–H groups in total. The van der Waals surface area contributed by atoms with E-state index in [9.17, 15) is 13.2 Å². The van der Waals surface area contributed by atoms with Gasteiger partial charge in [0.15, 0.2) is 9.84 Å². The minimum atomic E-state index is -3.12. The van der Waals surface area contributed by atoms with Gasteiger partial charge in [-0.1, -0.05) is 18.2 Å². The van der Waals surface area contributed by atoms with Crippen molar-refractivity contribution in [1.82, 2.24) is 9.80 Å². The number of carbonyl (C=O) groups is 2. The molecule has 26 heavy (non-hydrogen) atoms. The standard InChI is InChI=1S/C15H21N3O3S.C2H4O2/c1-17(2)13-10-22(20,21)14-9-18(8-12(13)14)15(19)16-11-6-4-3-5-7-11;1-2(3)4/h3-7,12-14H,8-10H2,1-2H3,(H,16,19);1H3,(H,3,4)/t12-,13+,14-;/m0./s1. The lowest BCUT2D eigenvalue weighted by molar-refractivity contribution is -0.134. The van der Waals surface area contributed by atoms with Gasteiger partial charge in [-0.25, -0.2) is 13.2 Å². The summed E-state index contributed by atoms with van der Waals surface area (Å²) in [5, 5.41) is 9.81. The van der Waals surface area contributed by atoms with E-state index < -0.39 is 21.1 Å². The van der Waals surface area contributed by atoms with Crippen molar-refractivity contribution in [3.8, 4) is 0 Å². The first kappa shape index (κ1) is 20.2. The first-order valence-corrected chi connectivity index (χ1v) is 10.0. The summed E-state index contributed by atoms with van der Waals surface area (Å²) in [4.78, 5) is 24.9. The first-order chi connectivity index (χ1) is 12.1. The molecule has 3 rings (SSSR count). The smallest absolute Gasteiger partial charge is 0.321 e. The van der Waals surface area contributed by atoms with Crippen molar-refractivity contribution in [1.29, 1.82) is 0 Å². The van der Waals surface area contributed by atoms with Gasteiger partial charge in [-0.3, -0.25) is 4.79 Å². The third kappa shape index (κ3) is 4.73. The highest BCUT2D eigenvalue weighted by molar-refractivity contribution is 7.92. The summed E-state index contributed by atoms with van der Waals surface area (Å²) >= 11 is 0. The molecule has 0 unspecified atom stereocenters. The lowest BCUT2D eigenvalue weighted by atomic mass is 10.00. The molecule has 2 aliphatic rings. The quantitative estimate of drug-likeness (QED) is 0.788. The number of amides is 2. The molecule has 144 valence electrons. The van der Waals surface area contributed by atoms with E-state index in [0.717, 1.165) is 12.6 Å². The Morgan fingerprint density at radius 3 is 2.31 bits per heavy atom. The fourth-order valence-corrected chi connectivity index (χ4v) is 5.93. The summed E-state index contributed by atoms with van der Waals surface area (Å²) in [7, 11) is 0.676. The number of urea groups is 1. The molecule has 1 aromatic carbocycles. The highest BCUT2D eigenvalue weighted by Crippen LogP contribution is 2.36. The molecule has 0 radical (unpaired) electrons. The summed E-state index contributed by atoms with van der Waals surface area (Å²) in [6.07, 6.45) is 0. The van der Waals surface area contributed by atoms with Gasteiger partial charge in [0.1, 0.15) is 0 Å². The fraction of sp³-hybridized carbons (Fsp3) is 0.529. The largest absolute Gasteiger partial charge is 0.481 e. The number of fused-ring (bicyclic) bond motifs is 1. The third-order valence-corrected chi connectivity index (χ3v) is 6.87. The van der Waals surface area contributed by atoms with E-state index in [1.165, 1.54) is 0 Å². The molecule has 8 nitrogen and oxygen atoms in total. The number of likely N-dealkylation sites (tertiary alicyclic amines) is 1. The summed E-state index contributed by atoms with van der Waals surface area (Å²) < 4.78 is 24.6. The van der Waals surface area contributed by atoms with Crippen molar-refractivity contribution in [2.75, 3.05) is 38.3 Å². The maximum absolute atomic E-state index is 12.3. The first-order valence-electron chi connectivity index (χ1n) is 8.30. The number of carbonyl (C=O) groups excluding carboxylic acids is 1. The van der Waals surface area contributed by atoms with Crippen LogP contribution in [0.5, 0.6) is 0 Å². The van der Waals surface area contributed by atoms with Gasteiger partial charge in [-0.05, 0) is 26.2 Å². The van der Waals surface area contributed by atoms with E-state index in [2.05, 4.69) is 5.32 Å². The minimum Gasteiger partial charge on any atom is -0.481 e. The highest BCUT2D eigenvalue weighted by atomic mass is 32.2. The van der Waals surface area contributed by atoms with E-state index in [0.29, 0.717) is 6.54 Å². The molecule has 2 aliphatic heterocycles. The molecule has 3 atom stereocenters. The van der Waals surface area contributed by atoms with Gasteiger partial charge in [-0.15, -0.1) is 0 Å². The molecule has 2 fully saturated rings. The van der Waals surface area contributed by atoms with Gasteiger partial charge in [-0.2, -0.15) is 0 Å². The van der Waals surface area contributed by atoms with Crippen LogP contribution < -0.4 is 5.32 Å². The zero-order valence-corrected chi connectivity index (χ0v) is 15.9. The molecule has 0 aromatic heterocycles. The van der Waals surface area contributed by atoms with Crippen molar-refractivity contribution in [3.63, 3.8) is 0 Å². The number of para-hydroxylation sites is 1. The van der Waals surface area contributed by atoms with E-state index in [1.807, 2.05) is 49.3 Å². The predicted molar refractivity (Wildman–Crippen MR) is 98.9 cm³/mol. The van der Waals surface area contributed by atoms with Gasteiger partial charge in [0.05, 0.1) is 11.0 Å². The van der Waals surface area contributed by atoms with Crippen molar-refractivity contribution in [2.24, 2.45) is 5.92 Å². The number of rotatable bonds is 2. The van der Waals surface area contributed by atoms with Crippen LogP contribution in [0, 0.1) is 5.92 Å². The van der Waals surface area contributed by atoms with Crippen LogP contribution in [0.4, 0.5) is 10.5 Å². The Labute approximate surface area is 153 Å². The number of carboxylic acid groups (broad SMARTS) is 1. The van der Waals surface area contributed by atoms with Gasteiger partial charge in [0.25, 0.3) is 5.97 Å². The van der Waals surface area contributed by atoms with E-state index >= 15 is 0 Å². The predicted octanol–water partition coefficient (Wildman–Crippen LogP) is 0.968. The van der Waals surface area contributed by atoms with E-state index in [1.54, 1.807) is 4.90 Å².